The van der Waals surface area contributed by atoms with Crippen LogP contribution in [0.5, 0.6) is 0 Å². The van der Waals surface area contributed by atoms with Crippen molar-refractivity contribution in [2.45, 2.75) is 0 Å². The van der Waals surface area contributed by atoms with E-state index < -0.39 is 0 Å². The SMILES string of the molecule is [Ce].[Ho].[Ta].[Ti]. The van der Waals surface area contributed by atoms with Gasteiger partial charge in [0.2, 0.25) is 0 Å². The summed E-state index contributed by atoms with van der Waals surface area (Å²) in [6.45, 7) is 0. The predicted octanol–water partition coefficient (Wildman–Crippen LogP) is -0.00500. The molecule has 4 heavy (non-hydrogen) atoms. The summed E-state index contributed by atoms with van der Waals surface area (Å²) in [5.41, 5.74) is 0. The van der Waals surface area contributed by atoms with Crippen LogP contribution in [0.3, 0.4) is 0 Å². The van der Waals surface area contributed by atoms with Gasteiger partial charge in [-0.25, -0.2) is 0 Å². The summed E-state index contributed by atoms with van der Waals surface area (Å²) in [5.74, 6) is 0. The third kappa shape index (κ3) is 9.43. The molecule has 0 nitrogen and oxygen atoms in total. The second-order valence-electron chi connectivity index (χ2n) is 0. The minimum atomic E-state index is 0. The molecule has 0 bridgehead atoms. The summed E-state index contributed by atoms with van der Waals surface area (Å²) in [7, 11) is 0. The van der Waals surface area contributed by atoms with Gasteiger partial charge >= 0.3 is 0 Å². The van der Waals surface area contributed by atoms with Gasteiger partial charge in [0.1, 0.15) is 0 Å². The van der Waals surface area contributed by atoms with Crippen molar-refractivity contribution in [1.29, 1.82) is 0 Å². The Morgan fingerprint density at radius 2 is 1.00 bits per heavy atom. The van der Waals surface area contributed by atoms with E-state index >= 15 is 0 Å². The van der Waals surface area contributed by atoms with Crippen LogP contribution in [-0.2, 0) is 44.1 Å². The Kier molecular flexibility index (Phi) is 95.5. The zero-order valence-corrected chi connectivity index (χ0v) is 11.6. The van der Waals surface area contributed by atoms with E-state index in [0.717, 1.165) is 0 Å². The molecule has 0 N–H and O–H groups in total. The minimum absolute atomic E-state index is 0. The van der Waals surface area contributed by atoms with Gasteiger partial charge in [-0.1, -0.05) is 0 Å². The van der Waals surface area contributed by atoms with E-state index in [9.17, 15) is 0 Å². The average molecular weight is 534 g/mol. The maximum atomic E-state index is 0. The predicted molar refractivity (Wildman–Crippen MR) is 0 cm³/mol. The van der Waals surface area contributed by atoms with E-state index in [1.807, 2.05) is 0 Å². The Morgan fingerprint density at radius 3 is 1.00 bits per heavy atom. The monoisotopic (exact) mass is 534 g/mol. The second-order valence-corrected chi connectivity index (χ2v) is 0. The van der Waals surface area contributed by atoms with E-state index in [1.54, 1.807) is 0 Å². The summed E-state index contributed by atoms with van der Waals surface area (Å²) < 4.78 is 0. The summed E-state index contributed by atoms with van der Waals surface area (Å²) >= 11 is 0. The largest absolute Gasteiger partial charge is 0 e. The van der Waals surface area contributed by atoms with Crippen molar-refractivity contribution in [2.24, 2.45) is 0 Å². The number of hydrogen-bond acceptors (Lipinski definition) is 0. The van der Waals surface area contributed by atoms with E-state index in [2.05, 4.69) is 0 Å². The Balaban J connectivity index is 0. The molecule has 0 aromatic rings. The van der Waals surface area contributed by atoms with Crippen LogP contribution in [0.1, 0.15) is 0 Å². The van der Waals surface area contributed by atoms with E-state index in [4.69, 9.17) is 0 Å². The zero-order valence-electron chi connectivity index (χ0n) is 1.75. The van der Waals surface area contributed by atoms with E-state index in [-0.39, 0.29) is 124 Å². The van der Waals surface area contributed by atoms with Gasteiger partial charge < -0.3 is 0 Å². The molecule has 0 aromatic carbocycles. The maximum absolute atomic E-state index is 0. The fourth-order valence-corrected chi connectivity index (χ4v) is 0. The topological polar surface area (TPSA) is 0 Å². The molecular formula is CeHoTaTi. The molecular weight excluding hydrogens is 534 g/mol. The molecule has 2 radical (unpaired) electrons. The van der Waals surface area contributed by atoms with Gasteiger partial charge in [-0.15, -0.1) is 0 Å². The Bertz CT molecular complexity index is 8.00. The molecule has 0 spiro atoms. The molecule has 0 heterocycles. The van der Waals surface area contributed by atoms with Crippen LogP contribution in [0, 0.1) is 79.5 Å². The van der Waals surface area contributed by atoms with Crippen LogP contribution in [-0.4, -0.2) is 0 Å². The molecule has 0 aliphatic heterocycles. The first kappa shape index (κ1) is 24.3. The molecule has 4 heteroatoms. The standard InChI is InChI=1S/Ce.Ho.Ta.Ti. The van der Waals surface area contributed by atoms with Crippen LogP contribution in [0.25, 0.3) is 0 Å². The molecule has 0 saturated carbocycles. The molecule has 0 aliphatic rings. The van der Waals surface area contributed by atoms with Crippen LogP contribution < -0.4 is 0 Å². The first-order valence-electron chi connectivity index (χ1n) is 0. The Labute approximate surface area is 120 Å². The van der Waals surface area contributed by atoms with Crippen molar-refractivity contribution in [2.75, 3.05) is 0 Å². The second kappa shape index (κ2) is 15.7. The van der Waals surface area contributed by atoms with Gasteiger partial charge in [-0.2, -0.15) is 0 Å². The molecule has 24 valence electrons. The third-order valence-electron chi connectivity index (χ3n) is 0. The van der Waals surface area contributed by atoms with Gasteiger partial charge in [-0.05, 0) is 0 Å². The molecule has 0 aliphatic carbocycles. The van der Waals surface area contributed by atoms with Crippen LogP contribution in [0.2, 0.25) is 0 Å². The van der Waals surface area contributed by atoms with Gasteiger partial charge in [0.05, 0.1) is 0 Å². The van der Waals surface area contributed by atoms with Crippen molar-refractivity contribution in [3.63, 3.8) is 0 Å². The average Bonchev–Trinajstić information content (AvgIpc) is 0. The first-order valence-corrected chi connectivity index (χ1v) is 0. The molecule has 0 rings (SSSR count). The third-order valence-corrected chi connectivity index (χ3v) is 0. The minimum Gasteiger partial charge on any atom is 0 e. The quantitative estimate of drug-likeness (QED) is 0.385. The van der Waals surface area contributed by atoms with Crippen molar-refractivity contribution in [1.82, 2.24) is 0 Å². The first-order chi connectivity index (χ1) is 0. The number of rotatable bonds is 0. The fourth-order valence-electron chi connectivity index (χ4n) is 0. The normalized spacial score (nSPS) is 0. The van der Waals surface area contributed by atoms with Gasteiger partial charge in [0.15, 0.2) is 0 Å². The van der Waals surface area contributed by atoms with Crippen molar-refractivity contribution in [3.05, 3.63) is 0 Å². The van der Waals surface area contributed by atoms with Gasteiger partial charge in [0, 0.05) is 124 Å². The molecule has 0 amide bonds. The van der Waals surface area contributed by atoms with E-state index in [1.165, 1.54) is 0 Å². The van der Waals surface area contributed by atoms with Crippen molar-refractivity contribution < 1.29 is 124 Å². The fraction of sp³-hybridized carbons (Fsp3) is 0. The summed E-state index contributed by atoms with van der Waals surface area (Å²) in [6.07, 6.45) is 0. The van der Waals surface area contributed by atoms with Crippen molar-refractivity contribution in [3.8, 4) is 0 Å². The van der Waals surface area contributed by atoms with Gasteiger partial charge in [0.25, 0.3) is 0 Å². The molecule has 0 unspecified atom stereocenters. The maximum Gasteiger partial charge on any atom is 0 e. The summed E-state index contributed by atoms with van der Waals surface area (Å²) in [5, 5.41) is 0. The van der Waals surface area contributed by atoms with Crippen molar-refractivity contribution >= 4 is 0 Å². The Morgan fingerprint density at radius 1 is 1.00 bits per heavy atom. The van der Waals surface area contributed by atoms with Crippen LogP contribution >= 0.6 is 0 Å². The molecule has 0 atom stereocenters. The summed E-state index contributed by atoms with van der Waals surface area (Å²) in [4.78, 5) is 0. The van der Waals surface area contributed by atoms with Crippen LogP contribution in [0.4, 0.5) is 0 Å². The molecule has 0 saturated heterocycles. The molecule has 0 fully saturated rings. The smallest absolute Gasteiger partial charge is 0 e. The van der Waals surface area contributed by atoms with Crippen LogP contribution in [0.15, 0.2) is 0 Å². The summed E-state index contributed by atoms with van der Waals surface area (Å²) in [6, 6.07) is 0. The van der Waals surface area contributed by atoms with Gasteiger partial charge in [-0.3, -0.25) is 0 Å². The van der Waals surface area contributed by atoms with E-state index in [0.29, 0.717) is 0 Å². The number of hydrogen-bond donors (Lipinski definition) is 0. The Hall–Kier alpha value is 4.09. The molecule has 0 aromatic heterocycles. The zero-order chi connectivity index (χ0) is 0.